The number of likely N-dealkylation sites (N-methyl/N-ethyl adjacent to an activating group) is 2. The third-order valence-electron chi connectivity index (χ3n) is 17.4. The molecule has 24 nitrogen and oxygen atoms in total. The quantitative estimate of drug-likeness (QED) is 0.0593. The van der Waals surface area contributed by atoms with E-state index in [1.54, 1.807) is 56.5 Å². The molecule has 98 heavy (non-hydrogen) atoms. The van der Waals surface area contributed by atoms with E-state index < -0.39 is 7.12 Å². The largest absolute Gasteiger partial charge is 0.534 e. The number of benzene rings is 3. The van der Waals surface area contributed by atoms with Crippen molar-refractivity contribution in [2.24, 2.45) is 0 Å². The maximum atomic E-state index is 12.0. The molecule has 4 aromatic heterocycles. The van der Waals surface area contributed by atoms with Gasteiger partial charge < -0.3 is 56.4 Å². The number of carbonyl (C=O) groups excluding carboxylic acids is 4. The monoisotopic (exact) mass is 1410 g/mol. The van der Waals surface area contributed by atoms with Gasteiger partial charge in [-0.25, -0.2) is 39.1 Å². The van der Waals surface area contributed by atoms with Gasteiger partial charge in [-0.3, -0.25) is 9.68 Å². The van der Waals surface area contributed by atoms with E-state index in [4.69, 9.17) is 36.7 Å². The van der Waals surface area contributed by atoms with E-state index in [2.05, 4.69) is 129 Å². The molecule has 16 rings (SSSR count). The minimum Gasteiger partial charge on any atom is -0.452 e. The fourth-order valence-electron chi connectivity index (χ4n) is 11.6. The number of halogens is 1. The summed E-state index contributed by atoms with van der Waals surface area (Å²) in [5.41, 5.74) is 3.03. The zero-order chi connectivity index (χ0) is 69.3. The Morgan fingerprint density at radius 2 is 0.878 bits per heavy atom. The van der Waals surface area contributed by atoms with Gasteiger partial charge in [0.2, 0.25) is 0 Å². The molecule has 0 radical (unpaired) electrons. The van der Waals surface area contributed by atoms with E-state index in [0.717, 1.165) is 45.8 Å². The molecular weight excluding hydrogens is 1330 g/mol. The van der Waals surface area contributed by atoms with Gasteiger partial charge in [0, 0.05) is 74.6 Å². The Morgan fingerprint density at radius 3 is 1.27 bits per heavy atom. The fraction of sp³-hybridized carbons (Fsp3) is 0.324. The molecule has 0 N–H and O–H groups in total. The molecule has 512 valence electrons. The summed E-state index contributed by atoms with van der Waals surface area (Å²) in [4.78, 5) is 83.9. The molecule has 0 aliphatic carbocycles. The summed E-state index contributed by atoms with van der Waals surface area (Å²) in [5.74, 6) is 4.52. The van der Waals surface area contributed by atoms with E-state index >= 15 is 0 Å². The lowest BCUT2D eigenvalue weighted by Crippen LogP contribution is -2.41. The minimum atomic E-state index is -0.442. The highest BCUT2D eigenvalue weighted by molar-refractivity contribution is 9.11. The van der Waals surface area contributed by atoms with Crippen LogP contribution in [0, 0.1) is 0 Å². The van der Waals surface area contributed by atoms with Crippen LogP contribution in [0.5, 0.6) is 0 Å². The van der Waals surface area contributed by atoms with E-state index in [-0.39, 0.29) is 67.4 Å². The van der Waals surface area contributed by atoms with Crippen LogP contribution in [-0.2, 0) is 19.0 Å². The standard InChI is InChI=1S/C15H15P.C12H13N3O3.2C10H11N3O2.C9H14BNO3.C9H11BrN2O2.C6H6/c1-2-13-16(14-9-5-3-6-10-14)15-11-7-4-8-12-15;1-2-5-18-15-10-7-14(12(15)16)4-3-9(10)11-6-13-8-17-11;2*1-12-8-5-13(10(12)14)3-2-7(8)9-4-11-6-15-9;1-8(2)9(3,4)14-10(13-8)7-5-11-6-12-7;1-2-5-14-12-8-6-11(9(12)13)4-3-7(8)10;1-2-4-6-5-3-1/h2-13H,1H3;2-3,6,8,10H,1,4-5,7H2;2*2,4,6,8H,3,5H2,1H3;5-6H,1-4H3;2-3,8H,1,4-6H2;1-6H/b13-2+;;;;;;. The highest BCUT2D eigenvalue weighted by Gasteiger charge is 2.53. The molecule has 9 aliphatic rings. The first-order valence-corrected chi connectivity index (χ1v) is 34.2. The van der Waals surface area contributed by atoms with Crippen LogP contribution in [0.2, 0.25) is 0 Å². The van der Waals surface area contributed by atoms with Crippen molar-refractivity contribution in [1.29, 1.82) is 0 Å². The second-order valence-corrected chi connectivity index (χ2v) is 27.2. The van der Waals surface area contributed by atoms with Gasteiger partial charge in [0.05, 0.1) is 74.4 Å². The Hall–Kier alpha value is -9.43. The smallest absolute Gasteiger partial charge is 0.452 e. The molecular formula is C71H81BBrN12O12P. The van der Waals surface area contributed by atoms with Crippen molar-refractivity contribution in [3.8, 4) is 0 Å². The molecule has 4 atom stereocenters. The fourth-order valence-corrected chi connectivity index (χ4v) is 14.0. The molecule has 3 aromatic carbocycles. The van der Waals surface area contributed by atoms with E-state index in [1.807, 2.05) is 112 Å². The number of hydrogen-bond acceptors (Lipinski definition) is 16. The zero-order valence-corrected chi connectivity index (χ0v) is 58.4. The van der Waals surface area contributed by atoms with Crippen molar-refractivity contribution in [3.63, 3.8) is 0 Å². The van der Waals surface area contributed by atoms with Gasteiger partial charge >= 0.3 is 31.2 Å². The van der Waals surface area contributed by atoms with E-state index in [9.17, 15) is 19.2 Å². The zero-order valence-electron chi connectivity index (χ0n) is 55.9. The highest BCUT2D eigenvalue weighted by atomic mass is 79.9. The number of nitrogens with zero attached hydrogens (tertiary/aromatic N) is 12. The number of amides is 8. The van der Waals surface area contributed by atoms with Crippen molar-refractivity contribution >= 4 is 88.1 Å². The topological polar surface area (TPSA) is 235 Å². The van der Waals surface area contributed by atoms with Crippen molar-refractivity contribution < 1.29 is 55.8 Å². The number of fused-ring (bicyclic) bond motifs is 8. The summed E-state index contributed by atoms with van der Waals surface area (Å²) in [7, 11) is 2.87. The molecule has 8 amide bonds. The van der Waals surface area contributed by atoms with E-state index in [1.165, 1.54) is 46.3 Å². The summed E-state index contributed by atoms with van der Waals surface area (Å²) < 4.78 is 33.5. The summed E-state index contributed by atoms with van der Waals surface area (Å²) in [6, 6.07) is 33.5. The number of hydrogen-bond donors (Lipinski definition) is 0. The average molecular weight is 1420 g/mol. The van der Waals surface area contributed by atoms with Crippen LogP contribution >= 0.6 is 23.9 Å². The highest BCUT2D eigenvalue weighted by Crippen LogP contribution is 2.39. The third-order valence-corrected chi connectivity index (χ3v) is 20.6. The van der Waals surface area contributed by atoms with Gasteiger partial charge in [-0.05, 0) is 53.1 Å². The number of carbonyl (C=O) groups is 4. The van der Waals surface area contributed by atoms with Crippen LogP contribution in [0.15, 0.2) is 231 Å². The van der Waals surface area contributed by atoms with Crippen LogP contribution < -0.4 is 16.3 Å². The Kier molecular flexibility index (Phi) is 24.2. The molecule has 4 unspecified atom stereocenters. The van der Waals surface area contributed by atoms with Crippen molar-refractivity contribution in [3.05, 3.63) is 231 Å². The molecule has 9 aliphatic heterocycles. The van der Waals surface area contributed by atoms with Gasteiger partial charge in [-0.2, -0.15) is 10.1 Å². The normalized spacial score (nSPS) is 21.1. The van der Waals surface area contributed by atoms with Gasteiger partial charge in [-0.15, -0.1) is 13.2 Å². The molecule has 8 bridgehead atoms. The summed E-state index contributed by atoms with van der Waals surface area (Å²) >= 11 is 3.44. The lowest BCUT2D eigenvalue weighted by atomic mass is 9.87. The van der Waals surface area contributed by atoms with E-state index in [0.29, 0.717) is 63.9 Å². The number of oxazole rings is 4. The van der Waals surface area contributed by atoms with Crippen LogP contribution in [0.25, 0.3) is 16.7 Å². The average Bonchev–Trinajstić information content (AvgIpc) is 1.61. The first kappa shape index (κ1) is 71.3. The summed E-state index contributed by atoms with van der Waals surface area (Å²) in [6.07, 6.45) is 25.7. The Labute approximate surface area is 580 Å². The molecule has 0 spiro atoms. The lowest BCUT2D eigenvalue weighted by molar-refractivity contribution is -0.108. The van der Waals surface area contributed by atoms with Gasteiger partial charge in [-0.1, -0.05) is 161 Å². The van der Waals surface area contributed by atoms with Crippen molar-refractivity contribution in [2.45, 2.75) is 70.0 Å². The first-order chi connectivity index (χ1) is 47.4. The summed E-state index contributed by atoms with van der Waals surface area (Å²) in [5, 5.41) is 5.61. The van der Waals surface area contributed by atoms with Gasteiger partial charge in [0.15, 0.2) is 48.5 Å². The van der Waals surface area contributed by atoms with Crippen LogP contribution in [0.4, 0.5) is 19.2 Å². The maximum absolute atomic E-state index is 12.0. The third kappa shape index (κ3) is 16.7. The molecule has 5 saturated heterocycles. The second-order valence-electron chi connectivity index (χ2n) is 24.2. The predicted molar refractivity (Wildman–Crippen MR) is 378 cm³/mol. The van der Waals surface area contributed by atoms with Gasteiger partial charge in [0.1, 0.15) is 12.1 Å². The SMILES string of the molecule is C/C=C/P(c1ccccc1)c1ccccc1.C=CCON1C(=O)N2CC=C(Br)C1C2.C=CCON1C(=O)N2CC=C(c3cnco3)C1C2.CC1(C)OB(c2cnco2)OC1(C)C.CN1C(=O)N2CC=C(c3cnco3)C1C2.CN1C(=O)N2CC=C(c3cnco3)C1C2.c1ccccc1. The minimum absolute atomic E-state index is 0.0104. The summed E-state index contributed by atoms with van der Waals surface area (Å²) in [6.45, 7) is 23.3. The van der Waals surface area contributed by atoms with Crippen molar-refractivity contribution in [2.75, 3.05) is 79.7 Å². The number of allylic oxidation sites excluding steroid dienone is 1. The predicted octanol–water partition coefficient (Wildman–Crippen LogP) is 10.7. The van der Waals surface area contributed by atoms with Crippen LogP contribution in [0.3, 0.4) is 0 Å². The number of rotatable bonds is 13. The Bertz CT molecular complexity index is 3750. The molecule has 27 heteroatoms. The maximum Gasteiger partial charge on any atom is 0.534 e. The molecule has 7 aromatic rings. The van der Waals surface area contributed by atoms with Crippen LogP contribution in [-0.4, -0.2) is 206 Å². The molecule has 5 fully saturated rings. The number of urea groups is 4. The molecule has 13 heterocycles. The lowest BCUT2D eigenvalue weighted by Gasteiger charge is -2.32. The first-order valence-electron chi connectivity index (χ1n) is 32.0. The van der Waals surface area contributed by atoms with Gasteiger partial charge in [0.25, 0.3) is 0 Å². The Morgan fingerprint density at radius 1 is 0.520 bits per heavy atom. The second kappa shape index (κ2) is 33.2. The van der Waals surface area contributed by atoms with Crippen molar-refractivity contribution in [1.82, 2.24) is 59.5 Å². The Balaban J connectivity index is 0.000000125. The van der Waals surface area contributed by atoms with Crippen LogP contribution in [0.1, 0.15) is 51.9 Å². The number of aromatic nitrogens is 4. The molecule has 0 saturated carbocycles. The number of hydroxylamine groups is 4.